The average Bonchev–Trinajstić information content (AvgIpc) is 1.95. The molecule has 0 aliphatic rings. The molecule has 0 unspecified atom stereocenters. The van der Waals surface area contributed by atoms with Gasteiger partial charge < -0.3 is 4.74 Å². The molecule has 0 saturated heterocycles. The Morgan fingerprint density at radius 1 is 1.40 bits per heavy atom. The van der Waals surface area contributed by atoms with Crippen molar-refractivity contribution in [2.75, 3.05) is 7.11 Å². The Morgan fingerprint density at radius 2 is 2.10 bits per heavy atom. The lowest BCUT2D eigenvalue weighted by atomic mass is 10.6. The standard InChI is InChI=1S/C5H4Br2N2O/c1-10-5-3(6)4(7)8-2-9-5/h2H,1H3. The monoisotopic (exact) mass is 266 g/mol. The number of hydrogen-bond acceptors (Lipinski definition) is 3. The van der Waals surface area contributed by atoms with E-state index in [4.69, 9.17) is 4.74 Å². The lowest BCUT2D eigenvalue weighted by Gasteiger charge is -2.00. The number of methoxy groups -OCH3 is 1. The predicted octanol–water partition coefficient (Wildman–Crippen LogP) is 2.01. The molecule has 1 heterocycles. The van der Waals surface area contributed by atoms with E-state index < -0.39 is 0 Å². The van der Waals surface area contributed by atoms with E-state index in [1.807, 2.05) is 0 Å². The zero-order valence-corrected chi connectivity index (χ0v) is 8.31. The molecule has 54 valence electrons. The normalized spacial score (nSPS) is 9.50. The van der Waals surface area contributed by atoms with Gasteiger partial charge >= 0.3 is 0 Å². The molecule has 5 heteroatoms. The van der Waals surface area contributed by atoms with Gasteiger partial charge in [0.1, 0.15) is 15.4 Å². The highest BCUT2D eigenvalue weighted by atomic mass is 79.9. The first kappa shape index (κ1) is 7.94. The summed E-state index contributed by atoms with van der Waals surface area (Å²) in [5.41, 5.74) is 0. The van der Waals surface area contributed by atoms with E-state index in [1.54, 1.807) is 7.11 Å². The van der Waals surface area contributed by atoms with Crippen LogP contribution in [0.4, 0.5) is 0 Å². The maximum Gasteiger partial charge on any atom is 0.232 e. The molecule has 0 amide bonds. The van der Waals surface area contributed by atoms with Crippen molar-refractivity contribution in [3.05, 3.63) is 15.4 Å². The number of aromatic nitrogens is 2. The van der Waals surface area contributed by atoms with Crippen LogP contribution in [0.25, 0.3) is 0 Å². The van der Waals surface area contributed by atoms with Crippen molar-refractivity contribution in [1.29, 1.82) is 0 Å². The van der Waals surface area contributed by atoms with Gasteiger partial charge in [-0.15, -0.1) is 0 Å². The van der Waals surface area contributed by atoms with Crippen LogP contribution in [0.15, 0.2) is 15.4 Å². The van der Waals surface area contributed by atoms with Crippen molar-refractivity contribution in [3.63, 3.8) is 0 Å². The number of nitrogens with zero attached hydrogens (tertiary/aromatic N) is 2. The summed E-state index contributed by atoms with van der Waals surface area (Å²) < 4.78 is 6.33. The van der Waals surface area contributed by atoms with Gasteiger partial charge in [-0.1, -0.05) is 0 Å². The Balaban J connectivity index is 3.14. The fourth-order valence-corrected chi connectivity index (χ4v) is 1.10. The summed E-state index contributed by atoms with van der Waals surface area (Å²) in [5.74, 6) is 0.530. The molecule has 0 fully saturated rings. The van der Waals surface area contributed by atoms with E-state index >= 15 is 0 Å². The van der Waals surface area contributed by atoms with Gasteiger partial charge in [0.05, 0.1) is 7.11 Å². The van der Waals surface area contributed by atoms with Crippen LogP contribution in [-0.4, -0.2) is 17.1 Å². The van der Waals surface area contributed by atoms with E-state index in [9.17, 15) is 0 Å². The van der Waals surface area contributed by atoms with Crippen LogP contribution in [0.2, 0.25) is 0 Å². The van der Waals surface area contributed by atoms with Gasteiger partial charge in [-0.2, -0.15) is 0 Å². The van der Waals surface area contributed by atoms with Crippen molar-refractivity contribution in [3.8, 4) is 5.88 Å². The summed E-state index contributed by atoms with van der Waals surface area (Å²) in [6.45, 7) is 0. The van der Waals surface area contributed by atoms with E-state index in [0.29, 0.717) is 10.5 Å². The van der Waals surface area contributed by atoms with Crippen LogP contribution in [0.5, 0.6) is 5.88 Å². The van der Waals surface area contributed by atoms with Gasteiger partial charge in [-0.3, -0.25) is 0 Å². The summed E-state index contributed by atoms with van der Waals surface area (Å²) in [5, 5.41) is 0. The minimum absolute atomic E-state index is 0.530. The van der Waals surface area contributed by atoms with Crippen molar-refractivity contribution < 1.29 is 4.74 Å². The van der Waals surface area contributed by atoms with Crippen LogP contribution in [-0.2, 0) is 0 Å². The molecular weight excluding hydrogens is 264 g/mol. The summed E-state index contributed by atoms with van der Waals surface area (Å²) >= 11 is 6.45. The molecule has 10 heavy (non-hydrogen) atoms. The zero-order valence-electron chi connectivity index (χ0n) is 5.14. The van der Waals surface area contributed by atoms with Gasteiger partial charge in [0.25, 0.3) is 0 Å². The van der Waals surface area contributed by atoms with Crippen LogP contribution in [0, 0.1) is 0 Å². The number of hydrogen-bond donors (Lipinski definition) is 0. The number of ether oxygens (including phenoxy) is 1. The molecule has 1 aromatic rings. The highest BCUT2D eigenvalue weighted by Crippen LogP contribution is 2.27. The van der Waals surface area contributed by atoms with Gasteiger partial charge in [0.15, 0.2) is 0 Å². The summed E-state index contributed by atoms with van der Waals surface area (Å²) in [4.78, 5) is 7.71. The topological polar surface area (TPSA) is 35.0 Å². The Labute approximate surface area is 75.1 Å². The Morgan fingerprint density at radius 3 is 2.60 bits per heavy atom. The van der Waals surface area contributed by atoms with E-state index in [-0.39, 0.29) is 0 Å². The number of halogens is 2. The second-order valence-corrected chi connectivity index (χ2v) is 3.03. The van der Waals surface area contributed by atoms with Crippen LogP contribution >= 0.6 is 31.9 Å². The summed E-state index contributed by atoms with van der Waals surface area (Å²) in [7, 11) is 1.56. The third-order valence-electron chi connectivity index (χ3n) is 0.908. The molecule has 0 atom stereocenters. The van der Waals surface area contributed by atoms with Crippen LogP contribution in [0.1, 0.15) is 0 Å². The first-order chi connectivity index (χ1) is 4.75. The molecule has 1 aromatic heterocycles. The molecule has 0 aromatic carbocycles. The molecule has 0 spiro atoms. The average molecular weight is 268 g/mol. The van der Waals surface area contributed by atoms with Gasteiger partial charge in [-0.05, 0) is 31.9 Å². The second-order valence-electron chi connectivity index (χ2n) is 1.49. The third kappa shape index (κ3) is 1.46. The highest BCUT2D eigenvalue weighted by Gasteiger charge is 2.04. The summed E-state index contributed by atoms with van der Waals surface area (Å²) in [6.07, 6.45) is 1.42. The first-order valence-electron chi connectivity index (χ1n) is 2.45. The second kappa shape index (κ2) is 3.30. The zero-order chi connectivity index (χ0) is 7.56. The van der Waals surface area contributed by atoms with Crippen molar-refractivity contribution in [2.45, 2.75) is 0 Å². The predicted molar refractivity (Wildman–Crippen MR) is 44.0 cm³/mol. The Bertz CT molecular complexity index is 241. The Kier molecular flexibility index (Phi) is 2.62. The molecule has 0 N–H and O–H groups in total. The molecule has 1 rings (SSSR count). The smallest absolute Gasteiger partial charge is 0.232 e. The molecule has 0 aliphatic heterocycles. The molecule has 3 nitrogen and oxygen atoms in total. The fraction of sp³-hybridized carbons (Fsp3) is 0.200. The fourth-order valence-electron chi connectivity index (χ4n) is 0.476. The Hall–Kier alpha value is -0.160. The van der Waals surface area contributed by atoms with E-state index in [0.717, 1.165) is 4.47 Å². The van der Waals surface area contributed by atoms with Crippen molar-refractivity contribution in [1.82, 2.24) is 9.97 Å². The SMILES string of the molecule is COc1ncnc(Br)c1Br. The highest BCUT2D eigenvalue weighted by molar-refractivity contribution is 9.13. The quantitative estimate of drug-likeness (QED) is 0.731. The maximum absolute atomic E-state index is 4.90. The van der Waals surface area contributed by atoms with Crippen LogP contribution < -0.4 is 4.74 Å². The maximum atomic E-state index is 4.90. The molecular formula is C5H4Br2N2O. The van der Waals surface area contributed by atoms with Crippen LogP contribution in [0.3, 0.4) is 0 Å². The third-order valence-corrected chi connectivity index (χ3v) is 2.76. The lowest BCUT2D eigenvalue weighted by molar-refractivity contribution is 0.393. The molecule has 0 aliphatic carbocycles. The van der Waals surface area contributed by atoms with Crippen molar-refractivity contribution >= 4 is 31.9 Å². The van der Waals surface area contributed by atoms with Gasteiger partial charge in [0, 0.05) is 0 Å². The molecule has 0 saturated carbocycles. The van der Waals surface area contributed by atoms with Gasteiger partial charge in [-0.25, -0.2) is 9.97 Å². The first-order valence-corrected chi connectivity index (χ1v) is 4.04. The number of rotatable bonds is 1. The van der Waals surface area contributed by atoms with Gasteiger partial charge in [0.2, 0.25) is 5.88 Å². The lowest BCUT2D eigenvalue weighted by Crippen LogP contribution is -1.90. The van der Waals surface area contributed by atoms with E-state index in [1.165, 1.54) is 6.33 Å². The van der Waals surface area contributed by atoms with Crippen molar-refractivity contribution in [2.24, 2.45) is 0 Å². The molecule has 0 bridgehead atoms. The largest absolute Gasteiger partial charge is 0.480 e. The minimum Gasteiger partial charge on any atom is -0.480 e. The molecule has 0 radical (unpaired) electrons. The summed E-state index contributed by atoms with van der Waals surface area (Å²) in [6, 6.07) is 0. The minimum atomic E-state index is 0.530. The van der Waals surface area contributed by atoms with E-state index in [2.05, 4.69) is 41.8 Å².